The maximum atomic E-state index is 4.86. The van der Waals surface area contributed by atoms with Crippen molar-refractivity contribution in [2.45, 2.75) is 0 Å². The molecule has 116 valence electrons. The summed E-state index contributed by atoms with van der Waals surface area (Å²) in [4.78, 5) is 4.86. The van der Waals surface area contributed by atoms with Crippen molar-refractivity contribution >= 4 is 75.2 Å². The number of hydrogen-bond donors (Lipinski definition) is 0. The summed E-state index contributed by atoms with van der Waals surface area (Å²) in [7, 11) is 0. The van der Waals surface area contributed by atoms with Crippen LogP contribution >= 0.6 is 43.2 Å². The molecule has 0 unspecified atom stereocenters. The van der Waals surface area contributed by atoms with Gasteiger partial charge in [-0.3, -0.25) is 4.57 Å². The first-order valence-electron chi connectivity index (χ1n) is 7.46. The van der Waals surface area contributed by atoms with Crippen LogP contribution in [0.2, 0.25) is 0 Å². The lowest BCUT2D eigenvalue weighted by Gasteiger charge is -2.02. The molecule has 0 fully saturated rings. The standard InChI is InChI=1S/C19H10Br2N2S/c20-11-5-7-16-13(9-11)14-10-12(21)6-8-17(14)23(16)19-22-15-3-1-2-4-18(15)24-19/h1-10H. The summed E-state index contributed by atoms with van der Waals surface area (Å²) in [5.74, 6) is 0. The zero-order chi connectivity index (χ0) is 16.3. The van der Waals surface area contributed by atoms with E-state index in [1.807, 2.05) is 6.07 Å². The van der Waals surface area contributed by atoms with Crippen LogP contribution in [0.4, 0.5) is 0 Å². The highest BCUT2D eigenvalue weighted by molar-refractivity contribution is 9.10. The molecule has 0 radical (unpaired) electrons. The zero-order valence-corrected chi connectivity index (χ0v) is 16.3. The Kier molecular flexibility index (Phi) is 3.30. The lowest BCUT2D eigenvalue weighted by Crippen LogP contribution is -1.92. The molecule has 24 heavy (non-hydrogen) atoms. The second-order valence-corrected chi connectivity index (χ2v) is 8.46. The van der Waals surface area contributed by atoms with Crippen molar-refractivity contribution in [1.29, 1.82) is 0 Å². The largest absolute Gasteiger partial charge is 0.285 e. The highest BCUT2D eigenvalue weighted by Crippen LogP contribution is 2.37. The second kappa shape index (κ2) is 5.41. The maximum Gasteiger partial charge on any atom is 0.195 e. The molecule has 0 amide bonds. The molecule has 0 atom stereocenters. The van der Waals surface area contributed by atoms with Crippen LogP contribution in [0.3, 0.4) is 0 Å². The highest BCUT2D eigenvalue weighted by Gasteiger charge is 2.15. The van der Waals surface area contributed by atoms with Gasteiger partial charge in [0.2, 0.25) is 0 Å². The molecule has 5 aromatic rings. The SMILES string of the molecule is Brc1ccc2c(c1)c1cc(Br)ccc1n2-c1nc2ccccc2s1. The average Bonchev–Trinajstić information content (AvgIpc) is 3.13. The van der Waals surface area contributed by atoms with Gasteiger partial charge in [0.1, 0.15) is 0 Å². The first-order chi connectivity index (χ1) is 11.7. The summed E-state index contributed by atoms with van der Waals surface area (Å²) in [5.41, 5.74) is 3.39. The molecule has 0 saturated carbocycles. The molecule has 5 rings (SSSR count). The first-order valence-corrected chi connectivity index (χ1v) is 9.86. The number of nitrogens with zero attached hydrogens (tertiary/aromatic N) is 2. The number of rotatable bonds is 1. The fourth-order valence-electron chi connectivity index (χ4n) is 3.13. The van der Waals surface area contributed by atoms with Crippen LogP contribution in [0, 0.1) is 0 Å². The Balaban J connectivity index is 1.95. The van der Waals surface area contributed by atoms with Gasteiger partial charge in [-0.1, -0.05) is 55.3 Å². The third-order valence-corrected chi connectivity index (χ3v) is 6.17. The maximum absolute atomic E-state index is 4.86. The van der Waals surface area contributed by atoms with E-state index < -0.39 is 0 Å². The minimum atomic E-state index is 1.00. The quantitative estimate of drug-likeness (QED) is 0.267. The van der Waals surface area contributed by atoms with Crippen molar-refractivity contribution in [2.75, 3.05) is 0 Å². The molecule has 0 aliphatic heterocycles. The van der Waals surface area contributed by atoms with Crippen LogP contribution in [0.5, 0.6) is 0 Å². The van der Waals surface area contributed by atoms with Crippen LogP contribution in [0.25, 0.3) is 37.2 Å². The number of aromatic nitrogens is 2. The number of hydrogen-bond acceptors (Lipinski definition) is 2. The lowest BCUT2D eigenvalue weighted by molar-refractivity contribution is 1.15. The van der Waals surface area contributed by atoms with Crippen LogP contribution in [-0.4, -0.2) is 9.55 Å². The summed E-state index contributed by atoms with van der Waals surface area (Å²) in [5, 5.41) is 3.45. The van der Waals surface area contributed by atoms with E-state index in [1.165, 1.54) is 26.5 Å². The Labute approximate surface area is 159 Å². The molecule has 0 bridgehead atoms. The van der Waals surface area contributed by atoms with Crippen LogP contribution < -0.4 is 0 Å². The van der Waals surface area contributed by atoms with Gasteiger partial charge in [0.25, 0.3) is 0 Å². The Morgan fingerprint density at radius 2 is 1.42 bits per heavy atom. The summed E-state index contributed by atoms with van der Waals surface area (Å²) in [6.07, 6.45) is 0. The van der Waals surface area contributed by atoms with Crippen molar-refractivity contribution in [3.05, 3.63) is 69.6 Å². The molecule has 0 spiro atoms. The molecule has 3 aromatic carbocycles. The molecule has 2 aromatic heterocycles. The highest BCUT2D eigenvalue weighted by atomic mass is 79.9. The van der Waals surface area contributed by atoms with Gasteiger partial charge in [-0.05, 0) is 48.5 Å². The van der Waals surface area contributed by atoms with E-state index in [4.69, 9.17) is 4.98 Å². The van der Waals surface area contributed by atoms with E-state index in [1.54, 1.807) is 11.3 Å². The van der Waals surface area contributed by atoms with Gasteiger partial charge in [0.05, 0.1) is 21.3 Å². The Hall–Kier alpha value is -1.69. The van der Waals surface area contributed by atoms with E-state index in [0.717, 1.165) is 19.6 Å². The second-order valence-electron chi connectivity index (χ2n) is 5.62. The molecule has 0 N–H and O–H groups in total. The monoisotopic (exact) mass is 456 g/mol. The molecular formula is C19H10Br2N2S. The molecular weight excluding hydrogens is 448 g/mol. The molecule has 0 saturated heterocycles. The minimum Gasteiger partial charge on any atom is -0.285 e. The molecule has 0 aliphatic carbocycles. The summed E-state index contributed by atoms with van der Waals surface area (Å²) >= 11 is 8.91. The summed E-state index contributed by atoms with van der Waals surface area (Å²) in [6.45, 7) is 0. The summed E-state index contributed by atoms with van der Waals surface area (Å²) in [6, 6.07) is 21.1. The van der Waals surface area contributed by atoms with E-state index in [2.05, 4.69) is 91.0 Å². The Bertz CT molecular complexity index is 1140. The van der Waals surface area contributed by atoms with E-state index in [9.17, 15) is 0 Å². The van der Waals surface area contributed by atoms with Crippen molar-refractivity contribution < 1.29 is 0 Å². The Morgan fingerprint density at radius 1 is 0.792 bits per heavy atom. The zero-order valence-electron chi connectivity index (χ0n) is 12.3. The van der Waals surface area contributed by atoms with E-state index in [0.29, 0.717) is 0 Å². The first kappa shape index (κ1) is 14.6. The van der Waals surface area contributed by atoms with Gasteiger partial charge in [-0.25, -0.2) is 4.98 Å². The Morgan fingerprint density at radius 3 is 2.04 bits per heavy atom. The lowest BCUT2D eigenvalue weighted by atomic mass is 10.2. The average molecular weight is 458 g/mol. The normalized spacial score (nSPS) is 11.8. The van der Waals surface area contributed by atoms with Gasteiger partial charge >= 0.3 is 0 Å². The molecule has 2 nitrogen and oxygen atoms in total. The molecule has 5 heteroatoms. The van der Waals surface area contributed by atoms with Crippen LogP contribution in [0.15, 0.2) is 69.6 Å². The van der Waals surface area contributed by atoms with Crippen molar-refractivity contribution in [3.63, 3.8) is 0 Å². The predicted molar refractivity (Wildman–Crippen MR) is 109 cm³/mol. The third kappa shape index (κ3) is 2.15. The molecule has 2 heterocycles. The van der Waals surface area contributed by atoms with Gasteiger partial charge < -0.3 is 0 Å². The third-order valence-electron chi connectivity index (χ3n) is 4.16. The number of benzene rings is 3. The van der Waals surface area contributed by atoms with Gasteiger partial charge in [-0.2, -0.15) is 0 Å². The molecule has 0 aliphatic rings. The number of thiazole rings is 1. The van der Waals surface area contributed by atoms with Gasteiger partial charge in [-0.15, -0.1) is 0 Å². The number of para-hydroxylation sites is 1. The smallest absolute Gasteiger partial charge is 0.195 e. The van der Waals surface area contributed by atoms with E-state index in [-0.39, 0.29) is 0 Å². The van der Waals surface area contributed by atoms with E-state index >= 15 is 0 Å². The topological polar surface area (TPSA) is 17.8 Å². The fourth-order valence-corrected chi connectivity index (χ4v) is 4.85. The van der Waals surface area contributed by atoms with Gasteiger partial charge in [0.15, 0.2) is 5.13 Å². The predicted octanol–water partition coefficient (Wildman–Crippen LogP) is 6.92. The number of fused-ring (bicyclic) bond motifs is 4. The van der Waals surface area contributed by atoms with Crippen molar-refractivity contribution in [2.24, 2.45) is 0 Å². The minimum absolute atomic E-state index is 1.00. The number of halogens is 2. The van der Waals surface area contributed by atoms with Gasteiger partial charge in [0, 0.05) is 19.7 Å². The van der Waals surface area contributed by atoms with Crippen LogP contribution in [-0.2, 0) is 0 Å². The van der Waals surface area contributed by atoms with Crippen molar-refractivity contribution in [1.82, 2.24) is 9.55 Å². The van der Waals surface area contributed by atoms with Crippen molar-refractivity contribution in [3.8, 4) is 5.13 Å². The van der Waals surface area contributed by atoms with Crippen LogP contribution in [0.1, 0.15) is 0 Å². The fraction of sp³-hybridized carbons (Fsp3) is 0. The summed E-state index contributed by atoms with van der Waals surface area (Å²) < 4.78 is 5.63.